The first kappa shape index (κ1) is 12.1. The van der Waals surface area contributed by atoms with E-state index in [-0.39, 0.29) is 12.6 Å². The average Bonchev–Trinajstić information content (AvgIpc) is 2.37. The molecule has 1 atom stereocenters. The number of aromatic nitrogens is 1. The monoisotopic (exact) mass is 239 g/mol. The van der Waals surface area contributed by atoms with Crippen LogP contribution < -0.4 is 15.4 Å². The molecule has 1 aromatic rings. The van der Waals surface area contributed by atoms with Gasteiger partial charge >= 0.3 is 0 Å². The zero-order valence-corrected chi connectivity index (χ0v) is 9.81. The first-order valence-electron chi connectivity index (χ1n) is 5.94. The van der Waals surface area contributed by atoms with Crippen molar-refractivity contribution in [3.05, 3.63) is 18.5 Å². The Labute approximate surface area is 101 Å². The summed E-state index contributed by atoms with van der Waals surface area (Å²) >= 11 is 0. The minimum atomic E-state index is -0.487. The molecular formula is C12H18FN3O. The van der Waals surface area contributed by atoms with E-state index in [0.29, 0.717) is 5.75 Å². The van der Waals surface area contributed by atoms with Gasteiger partial charge in [-0.25, -0.2) is 4.39 Å². The fourth-order valence-electron chi connectivity index (χ4n) is 2.06. The van der Waals surface area contributed by atoms with Crippen LogP contribution in [0.2, 0.25) is 0 Å². The highest BCUT2D eigenvalue weighted by molar-refractivity contribution is 5.48. The van der Waals surface area contributed by atoms with Crippen molar-refractivity contribution in [3.63, 3.8) is 0 Å². The molecule has 0 amide bonds. The van der Waals surface area contributed by atoms with Crippen molar-refractivity contribution in [2.24, 2.45) is 5.73 Å². The van der Waals surface area contributed by atoms with Crippen LogP contribution in [0, 0.1) is 0 Å². The Balaban J connectivity index is 2.04. The third-order valence-corrected chi connectivity index (χ3v) is 2.87. The number of hydrogen-bond acceptors (Lipinski definition) is 4. The third-order valence-electron chi connectivity index (χ3n) is 2.87. The predicted octanol–water partition coefficient (Wildman–Crippen LogP) is 1.36. The molecule has 1 aliphatic rings. The number of ether oxygens (including phenoxy) is 1. The van der Waals surface area contributed by atoms with E-state index in [2.05, 4.69) is 9.88 Å². The number of pyridine rings is 1. The lowest BCUT2D eigenvalue weighted by atomic mass is 10.1. The van der Waals surface area contributed by atoms with Gasteiger partial charge in [0.05, 0.1) is 18.1 Å². The molecule has 1 aromatic heterocycles. The van der Waals surface area contributed by atoms with Crippen LogP contribution in [0.3, 0.4) is 0 Å². The number of alkyl halides is 1. The van der Waals surface area contributed by atoms with E-state index < -0.39 is 6.67 Å². The van der Waals surface area contributed by atoms with Crippen molar-refractivity contribution in [1.29, 1.82) is 0 Å². The number of hydrogen-bond donors (Lipinski definition) is 1. The molecule has 0 spiro atoms. The number of anilines is 1. The summed E-state index contributed by atoms with van der Waals surface area (Å²) in [6.07, 6.45) is 5.56. The molecule has 0 bridgehead atoms. The van der Waals surface area contributed by atoms with Gasteiger partial charge in [0.15, 0.2) is 0 Å². The normalized spacial score (nSPS) is 20.4. The van der Waals surface area contributed by atoms with E-state index in [9.17, 15) is 4.39 Å². The van der Waals surface area contributed by atoms with E-state index in [1.54, 1.807) is 12.4 Å². The summed E-state index contributed by atoms with van der Waals surface area (Å²) < 4.78 is 17.2. The Morgan fingerprint density at radius 3 is 3.18 bits per heavy atom. The molecule has 2 heterocycles. The fraction of sp³-hybridized carbons (Fsp3) is 0.583. The summed E-state index contributed by atoms with van der Waals surface area (Å²) in [4.78, 5) is 6.31. The van der Waals surface area contributed by atoms with Crippen molar-refractivity contribution in [2.45, 2.75) is 18.9 Å². The molecule has 0 radical (unpaired) electrons. The predicted molar refractivity (Wildman–Crippen MR) is 65.1 cm³/mol. The lowest BCUT2D eigenvalue weighted by Gasteiger charge is -2.32. The minimum Gasteiger partial charge on any atom is -0.489 e. The van der Waals surface area contributed by atoms with Crippen LogP contribution in [-0.2, 0) is 0 Å². The van der Waals surface area contributed by atoms with Gasteiger partial charge in [-0.15, -0.1) is 0 Å². The third kappa shape index (κ3) is 3.30. The van der Waals surface area contributed by atoms with Gasteiger partial charge < -0.3 is 15.4 Å². The first-order chi connectivity index (χ1) is 8.29. The van der Waals surface area contributed by atoms with E-state index in [1.165, 1.54) is 0 Å². The largest absolute Gasteiger partial charge is 0.489 e. The Morgan fingerprint density at radius 2 is 2.41 bits per heavy atom. The van der Waals surface area contributed by atoms with Gasteiger partial charge in [0.1, 0.15) is 19.0 Å². The smallest absolute Gasteiger partial charge is 0.139 e. The molecule has 4 nitrogen and oxygen atoms in total. The summed E-state index contributed by atoms with van der Waals surface area (Å²) in [5.41, 5.74) is 6.93. The maximum atomic E-state index is 12.0. The fourth-order valence-corrected chi connectivity index (χ4v) is 2.06. The molecule has 5 heteroatoms. The van der Waals surface area contributed by atoms with Crippen molar-refractivity contribution >= 4 is 5.69 Å². The van der Waals surface area contributed by atoms with Crippen LogP contribution in [-0.4, -0.2) is 37.4 Å². The average molecular weight is 239 g/mol. The topological polar surface area (TPSA) is 51.4 Å². The molecule has 2 N–H and O–H groups in total. The molecule has 1 fully saturated rings. The summed E-state index contributed by atoms with van der Waals surface area (Å²) in [6, 6.07) is 2.11. The number of halogens is 1. The van der Waals surface area contributed by atoms with Gasteiger partial charge in [0.2, 0.25) is 0 Å². The van der Waals surface area contributed by atoms with Gasteiger partial charge in [-0.2, -0.15) is 0 Å². The molecule has 94 valence electrons. The first-order valence-corrected chi connectivity index (χ1v) is 5.94. The van der Waals surface area contributed by atoms with Crippen LogP contribution >= 0.6 is 0 Å². The SMILES string of the molecule is NC1CCCN(c2cncc(OCCF)c2)C1. The molecule has 0 aromatic carbocycles. The highest BCUT2D eigenvalue weighted by atomic mass is 19.1. The summed E-state index contributed by atoms with van der Waals surface area (Å²) in [5, 5.41) is 0. The quantitative estimate of drug-likeness (QED) is 0.862. The van der Waals surface area contributed by atoms with Crippen LogP contribution in [0.4, 0.5) is 10.1 Å². The van der Waals surface area contributed by atoms with E-state index in [0.717, 1.165) is 31.6 Å². The number of nitrogens with two attached hydrogens (primary N) is 1. The second kappa shape index (κ2) is 5.82. The van der Waals surface area contributed by atoms with Crippen LogP contribution in [0.5, 0.6) is 5.75 Å². The van der Waals surface area contributed by atoms with Gasteiger partial charge in [0.25, 0.3) is 0 Å². The van der Waals surface area contributed by atoms with Crippen molar-refractivity contribution in [1.82, 2.24) is 4.98 Å². The molecule has 0 saturated carbocycles. The van der Waals surface area contributed by atoms with Crippen molar-refractivity contribution < 1.29 is 9.13 Å². The van der Waals surface area contributed by atoms with Gasteiger partial charge in [0, 0.05) is 25.2 Å². The summed E-state index contributed by atoms with van der Waals surface area (Å²) in [7, 11) is 0. The second-order valence-electron chi connectivity index (χ2n) is 4.26. The van der Waals surface area contributed by atoms with E-state index in [1.807, 2.05) is 6.07 Å². The molecule has 1 saturated heterocycles. The Bertz CT molecular complexity index is 361. The molecule has 2 rings (SSSR count). The lowest BCUT2D eigenvalue weighted by Crippen LogP contribution is -2.42. The van der Waals surface area contributed by atoms with Crippen LogP contribution in [0.1, 0.15) is 12.8 Å². The highest BCUT2D eigenvalue weighted by Gasteiger charge is 2.17. The molecule has 1 unspecified atom stereocenters. The Morgan fingerprint density at radius 1 is 1.53 bits per heavy atom. The zero-order valence-electron chi connectivity index (χ0n) is 9.81. The molecular weight excluding hydrogens is 221 g/mol. The van der Waals surface area contributed by atoms with Gasteiger partial charge in [-0.1, -0.05) is 0 Å². The van der Waals surface area contributed by atoms with Gasteiger partial charge in [-0.3, -0.25) is 4.98 Å². The minimum absolute atomic E-state index is 0.0741. The maximum absolute atomic E-state index is 12.0. The number of piperidine rings is 1. The van der Waals surface area contributed by atoms with Crippen molar-refractivity contribution in [3.8, 4) is 5.75 Å². The van der Waals surface area contributed by atoms with Crippen molar-refractivity contribution in [2.75, 3.05) is 31.3 Å². The standard InChI is InChI=1S/C12H18FN3O/c13-3-5-17-12-6-11(7-15-8-12)16-4-1-2-10(14)9-16/h6-8,10H,1-5,9,14H2. The van der Waals surface area contributed by atoms with Crippen LogP contribution in [0.15, 0.2) is 18.5 Å². The van der Waals surface area contributed by atoms with E-state index >= 15 is 0 Å². The molecule has 1 aliphatic heterocycles. The van der Waals surface area contributed by atoms with Crippen LogP contribution in [0.25, 0.3) is 0 Å². The Hall–Kier alpha value is -1.36. The van der Waals surface area contributed by atoms with E-state index in [4.69, 9.17) is 10.5 Å². The maximum Gasteiger partial charge on any atom is 0.139 e. The molecule has 17 heavy (non-hydrogen) atoms. The summed E-state index contributed by atoms with van der Waals surface area (Å²) in [5.74, 6) is 0.610. The zero-order chi connectivity index (χ0) is 12.1. The lowest BCUT2D eigenvalue weighted by molar-refractivity contribution is 0.272. The second-order valence-corrected chi connectivity index (χ2v) is 4.26. The number of nitrogens with zero attached hydrogens (tertiary/aromatic N) is 2. The summed E-state index contributed by atoms with van der Waals surface area (Å²) in [6.45, 7) is 1.42. The number of rotatable bonds is 4. The molecule has 0 aliphatic carbocycles. The van der Waals surface area contributed by atoms with Gasteiger partial charge in [-0.05, 0) is 12.8 Å². The highest BCUT2D eigenvalue weighted by Crippen LogP contribution is 2.22. The Kier molecular flexibility index (Phi) is 4.14.